The Hall–Kier alpha value is -2.74. The smallest absolute Gasteiger partial charge is 0.142 e. The molecule has 0 unspecified atom stereocenters. The first kappa shape index (κ1) is 13.0. The van der Waals surface area contributed by atoms with Crippen molar-refractivity contribution >= 4 is 21.8 Å². The van der Waals surface area contributed by atoms with Crippen LogP contribution in [-0.4, -0.2) is 11.7 Å². The molecule has 1 aromatic heterocycles. The quantitative estimate of drug-likeness (QED) is 0.500. The molecule has 0 radical (unpaired) electrons. The molecule has 2 nitrogen and oxygen atoms in total. The van der Waals surface area contributed by atoms with Crippen LogP contribution in [0.25, 0.3) is 27.5 Å². The van der Waals surface area contributed by atoms with Gasteiger partial charge in [0, 0.05) is 10.8 Å². The van der Waals surface area contributed by atoms with Crippen LogP contribution in [0, 0.1) is 6.92 Å². The molecule has 0 atom stereocenters. The zero-order chi connectivity index (χ0) is 15.1. The Morgan fingerprint density at radius 2 is 1.36 bits per heavy atom. The maximum absolute atomic E-state index is 5.60. The molecule has 4 aromatic rings. The van der Waals surface area contributed by atoms with Gasteiger partial charge in [0.1, 0.15) is 5.75 Å². The molecule has 0 amide bonds. The molecule has 0 saturated heterocycles. The first-order chi connectivity index (χ1) is 10.8. The lowest BCUT2D eigenvalue weighted by molar-refractivity contribution is 0.413. The Morgan fingerprint density at radius 3 is 1.95 bits per heavy atom. The van der Waals surface area contributed by atoms with Gasteiger partial charge in [0.15, 0.2) is 0 Å². The topological polar surface area (TPSA) is 14.2 Å². The van der Waals surface area contributed by atoms with Crippen LogP contribution in [-0.2, 0) is 0 Å². The summed E-state index contributed by atoms with van der Waals surface area (Å²) in [5.41, 5.74) is 4.71. The number of aromatic nitrogens is 1. The molecular formula is C20H17NO. The fraction of sp³-hybridized carbons (Fsp3) is 0.100. The fourth-order valence-electron chi connectivity index (χ4n) is 3.16. The Labute approximate surface area is 129 Å². The highest BCUT2D eigenvalue weighted by Crippen LogP contribution is 2.35. The van der Waals surface area contributed by atoms with Gasteiger partial charge in [-0.05, 0) is 36.8 Å². The first-order valence-electron chi connectivity index (χ1n) is 7.43. The second-order valence-electron chi connectivity index (χ2n) is 5.55. The Bertz CT molecular complexity index is 928. The molecule has 0 N–H and O–H groups in total. The minimum atomic E-state index is 0.886. The van der Waals surface area contributed by atoms with Crippen LogP contribution in [0.4, 0.5) is 0 Å². The molecule has 4 rings (SSSR count). The maximum atomic E-state index is 5.60. The van der Waals surface area contributed by atoms with E-state index in [1.807, 2.05) is 6.07 Å². The summed E-state index contributed by atoms with van der Waals surface area (Å²) in [7, 11) is 1.72. The third-order valence-corrected chi connectivity index (χ3v) is 4.16. The minimum absolute atomic E-state index is 0.886. The van der Waals surface area contributed by atoms with E-state index in [9.17, 15) is 0 Å². The highest BCUT2D eigenvalue weighted by atomic mass is 16.5. The summed E-state index contributed by atoms with van der Waals surface area (Å²) in [6.07, 6.45) is 0. The van der Waals surface area contributed by atoms with Gasteiger partial charge in [0.05, 0.1) is 23.8 Å². The molecule has 0 spiro atoms. The van der Waals surface area contributed by atoms with Gasteiger partial charge in [-0.25, -0.2) is 0 Å². The van der Waals surface area contributed by atoms with Crippen LogP contribution in [0.3, 0.4) is 0 Å². The third kappa shape index (κ3) is 1.81. The number of ether oxygens (including phenoxy) is 1. The van der Waals surface area contributed by atoms with E-state index in [0.717, 1.165) is 11.4 Å². The van der Waals surface area contributed by atoms with Crippen molar-refractivity contribution in [1.82, 2.24) is 4.57 Å². The van der Waals surface area contributed by atoms with E-state index in [1.165, 1.54) is 27.4 Å². The van der Waals surface area contributed by atoms with E-state index in [1.54, 1.807) is 7.11 Å². The largest absolute Gasteiger partial charge is 0.495 e. The number of methoxy groups -OCH3 is 1. The monoisotopic (exact) mass is 287 g/mol. The summed E-state index contributed by atoms with van der Waals surface area (Å²) in [6, 6.07) is 23.3. The predicted molar refractivity (Wildman–Crippen MR) is 92.1 cm³/mol. The third-order valence-electron chi connectivity index (χ3n) is 4.16. The summed E-state index contributed by atoms with van der Waals surface area (Å²) in [4.78, 5) is 0. The van der Waals surface area contributed by atoms with Crippen LogP contribution in [0.1, 0.15) is 5.56 Å². The first-order valence-corrected chi connectivity index (χ1v) is 7.43. The highest BCUT2D eigenvalue weighted by molar-refractivity contribution is 6.09. The lowest BCUT2D eigenvalue weighted by atomic mass is 10.2. The van der Waals surface area contributed by atoms with Crippen LogP contribution in [0.2, 0.25) is 0 Å². The average molecular weight is 287 g/mol. The Morgan fingerprint density at radius 1 is 0.773 bits per heavy atom. The predicted octanol–water partition coefficient (Wildman–Crippen LogP) is 5.10. The van der Waals surface area contributed by atoms with Gasteiger partial charge in [-0.1, -0.05) is 42.5 Å². The molecule has 22 heavy (non-hydrogen) atoms. The number of aryl methyl sites for hydroxylation is 1. The van der Waals surface area contributed by atoms with E-state index < -0.39 is 0 Å². The van der Waals surface area contributed by atoms with Crippen molar-refractivity contribution in [3.8, 4) is 11.4 Å². The zero-order valence-corrected chi connectivity index (χ0v) is 12.7. The summed E-state index contributed by atoms with van der Waals surface area (Å²) in [5.74, 6) is 0.886. The SMILES string of the molecule is COc1ccc(C)cc1-n1c2ccccc2c2ccccc21. The van der Waals surface area contributed by atoms with Gasteiger partial charge in [-0.3, -0.25) is 0 Å². The van der Waals surface area contributed by atoms with E-state index in [4.69, 9.17) is 4.74 Å². The standard InChI is InChI=1S/C20H17NO/c1-14-11-12-20(22-2)19(13-14)21-17-9-5-3-7-15(17)16-8-4-6-10-18(16)21/h3-13H,1-2H3. The van der Waals surface area contributed by atoms with Gasteiger partial charge in [0.2, 0.25) is 0 Å². The van der Waals surface area contributed by atoms with Crippen molar-refractivity contribution in [1.29, 1.82) is 0 Å². The van der Waals surface area contributed by atoms with Crippen LogP contribution in [0.5, 0.6) is 5.75 Å². The maximum Gasteiger partial charge on any atom is 0.142 e. The summed E-state index contributed by atoms with van der Waals surface area (Å²) >= 11 is 0. The molecule has 108 valence electrons. The molecule has 0 aliphatic heterocycles. The second-order valence-corrected chi connectivity index (χ2v) is 5.55. The average Bonchev–Trinajstić information content (AvgIpc) is 2.89. The van der Waals surface area contributed by atoms with Gasteiger partial charge in [-0.15, -0.1) is 0 Å². The molecule has 1 heterocycles. The fourth-order valence-corrected chi connectivity index (χ4v) is 3.16. The van der Waals surface area contributed by atoms with Crippen molar-refractivity contribution in [3.63, 3.8) is 0 Å². The van der Waals surface area contributed by atoms with Crippen molar-refractivity contribution in [3.05, 3.63) is 72.3 Å². The molecule has 0 aliphatic carbocycles. The van der Waals surface area contributed by atoms with E-state index in [-0.39, 0.29) is 0 Å². The lowest BCUT2D eigenvalue weighted by Gasteiger charge is -2.13. The molecule has 0 bridgehead atoms. The lowest BCUT2D eigenvalue weighted by Crippen LogP contribution is -1.98. The number of rotatable bonds is 2. The number of benzene rings is 3. The number of hydrogen-bond acceptors (Lipinski definition) is 1. The summed E-state index contributed by atoms with van der Waals surface area (Å²) < 4.78 is 7.89. The van der Waals surface area contributed by atoms with Crippen molar-refractivity contribution in [2.45, 2.75) is 6.92 Å². The number of fused-ring (bicyclic) bond motifs is 3. The van der Waals surface area contributed by atoms with E-state index in [2.05, 4.69) is 72.2 Å². The van der Waals surface area contributed by atoms with E-state index in [0.29, 0.717) is 0 Å². The van der Waals surface area contributed by atoms with Crippen molar-refractivity contribution in [2.75, 3.05) is 7.11 Å². The van der Waals surface area contributed by atoms with Crippen molar-refractivity contribution < 1.29 is 4.74 Å². The molecule has 0 saturated carbocycles. The summed E-state index contributed by atoms with van der Waals surface area (Å²) in [5, 5.41) is 2.53. The second kappa shape index (κ2) is 4.92. The van der Waals surface area contributed by atoms with Crippen LogP contribution < -0.4 is 4.74 Å². The number of para-hydroxylation sites is 2. The molecule has 0 fully saturated rings. The Balaban J connectivity index is 2.20. The van der Waals surface area contributed by atoms with Gasteiger partial charge < -0.3 is 9.30 Å². The van der Waals surface area contributed by atoms with Crippen LogP contribution >= 0.6 is 0 Å². The number of nitrogens with zero attached hydrogens (tertiary/aromatic N) is 1. The molecule has 0 aliphatic rings. The number of hydrogen-bond donors (Lipinski definition) is 0. The highest BCUT2D eigenvalue weighted by Gasteiger charge is 2.14. The summed E-state index contributed by atoms with van der Waals surface area (Å²) in [6.45, 7) is 2.11. The Kier molecular flexibility index (Phi) is 2.90. The van der Waals surface area contributed by atoms with Gasteiger partial charge in [0.25, 0.3) is 0 Å². The molecule has 3 aromatic carbocycles. The normalized spacial score (nSPS) is 11.2. The molecule has 2 heteroatoms. The van der Waals surface area contributed by atoms with Crippen LogP contribution in [0.15, 0.2) is 66.7 Å². The van der Waals surface area contributed by atoms with Gasteiger partial charge in [-0.2, -0.15) is 0 Å². The zero-order valence-electron chi connectivity index (χ0n) is 12.7. The minimum Gasteiger partial charge on any atom is -0.495 e. The van der Waals surface area contributed by atoms with E-state index >= 15 is 0 Å². The van der Waals surface area contributed by atoms with Crippen molar-refractivity contribution in [2.24, 2.45) is 0 Å². The molecular weight excluding hydrogens is 270 g/mol. The van der Waals surface area contributed by atoms with Gasteiger partial charge >= 0.3 is 0 Å².